The van der Waals surface area contributed by atoms with Crippen LogP contribution in [0.3, 0.4) is 0 Å². The lowest BCUT2D eigenvalue weighted by atomic mass is 10.3. The minimum atomic E-state index is -0.555. The van der Waals surface area contributed by atoms with Crippen LogP contribution in [0.5, 0.6) is 0 Å². The van der Waals surface area contributed by atoms with Crippen LogP contribution in [0.2, 0.25) is 0 Å². The van der Waals surface area contributed by atoms with Gasteiger partial charge in [0.15, 0.2) is 0 Å². The second-order valence-electron chi connectivity index (χ2n) is 4.94. The Labute approximate surface area is 129 Å². The number of piperazine rings is 1. The maximum atomic E-state index is 12.2. The smallest absolute Gasteiger partial charge is 0.312 e. The van der Waals surface area contributed by atoms with Crippen LogP contribution in [0, 0.1) is 0 Å². The maximum Gasteiger partial charge on any atom is 0.312 e. The number of hydrogen-bond donors (Lipinski definition) is 1. The lowest BCUT2D eigenvalue weighted by Crippen LogP contribution is -2.53. The lowest BCUT2D eigenvalue weighted by Gasteiger charge is -2.35. The van der Waals surface area contributed by atoms with Crippen LogP contribution in [0.4, 0.5) is 5.95 Å². The Morgan fingerprint density at radius 1 is 1.23 bits per heavy atom. The van der Waals surface area contributed by atoms with E-state index in [1.807, 2.05) is 4.90 Å². The van der Waals surface area contributed by atoms with Crippen LogP contribution < -0.4 is 4.90 Å². The summed E-state index contributed by atoms with van der Waals surface area (Å²) in [7, 11) is 0. The van der Waals surface area contributed by atoms with Crippen LogP contribution in [0.15, 0.2) is 18.5 Å². The van der Waals surface area contributed by atoms with Crippen molar-refractivity contribution >= 4 is 17.8 Å². The van der Waals surface area contributed by atoms with Crippen molar-refractivity contribution in [3.05, 3.63) is 18.5 Å². The SMILES string of the molecule is CCN(CCO)C(=O)C(=O)N1CCN(c2ncccn2)CC1. The monoisotopic (exact) mass is 307 g/mol. The lowest BCUT2D eigenvalue weighted by molar-refractivity contribution is -0.152. The Morgan fingerprint density at radius 3 is 2.41 bits per heavy atom. The number of hydrogen-bond acceptors (Lipinski definition) is 6. The Hall–Kier alpha value is -2.22. The van der Waals surface area contributed by atoms with E-state index in [0.29, 0.717) is 38.7 Å². The van der Waals surface area contributed by atoms with E-state index in [2.05, 4.69) is 9.97 Å². The fourth-order valence-electron chi connectivity index (χ4n) is 2.36. The number of anilines is 1. The van der Waals surface area contributed by atoms with Crippen LogP contribution in [0.25, 0.3) is 0 Å². The third-order valence-electron chi connectivity index (χ3n) is 3.62. The normalized spacial score (nSPS) is 14.8. The van der Waals surface area contributed by atoms with Crippen molar-refractivity contribution in [2.45, 2.75) is 6.92 Å². The van der Waals surface area contributed by atoms with Crippen molar-refractivity contribution in [3.8, 4) is 0 Å². The summed E-state index contributed by atoms with van der Waals surface area (Å²) in [6, 6.07) is 1.75. The number of rotatable bonds is 4. The van der Waals surface area contributed by atoms with Gasteiger partial charge in [0, 0.05) is 51.7 Å². The fraction of sp³-hybridized carbons (Fsp3) is 0.571. The highest BCUT2D eigenvalue weighted by atomic mass is 16.3. The molecule has 0 unspecified atom stereocenters. The highest BCUT2D eigenvalue weighted by molar-refractivity contribution is 6.34. The average molecular weight is 307 g/mol. The Balaban J connectivity index is 1.91. The van der Waals surface area contributed by atoms with Gasteiger partial charge in [-0.05, 0) is 13.0 Å². The largest absolute Gasteiger partial charge is 0.395 e. The molecule has 1 fully saturated rings. The van der Waals surface area contributed by atoms with Gasteiger partial charge in [-0.3, -0.25) is 9.59 Å². The molecule has 2 amide bonds. The van der Waals surface area contributed by atoms with E-state index in [-0.39, 0.29) is 13.2 Å². The topological polar surface area (TPSA) is 89.9 Å². The molecule has 0 bridgehead atoms. The molecule has 1 saturated heterocycles. The highest BCUT2D eigenvalue weighted by Crippen LogP contribution is 2.10. The molecule has 1 aromatic rings. The molecule has 0 atom stereocenters. The number of aliphatic hydroxyl groups excluding tert-OH is 1. The van der Waals surface area contributed by atoms with Gasteiger partial charge in [-0.1, -0.05) is 0 Å². The van der Waals surface area contributed by atoms with E-state index >= 15 is 0 Å². The molecule has 8 heteroatoms. The molecule has 0 aliphatic carbocycles. The second-order valence-corrected chi connectivity index (χ2v) is 4.94. The van der Waals surface area contributed by atoms with Gasteiger partial charge in [-0.2, -0.15) is 0 Å². The first-order chi connectivity index (χ1) is 10.7. The van der Waals surface area contributed by atoms with Crippen molar-refractivity contribution in [1.82, 2.24) is 19.8 Å². The number of amides is 2. The summed E-state index contributed by atoms with van der Waals surface area (Å²) < 4.78 is 0. The first-order valence-corrected chi connectivity index (χ1v) is 7.38. The molecular formula is C14H21N5O3. The first kappa shape index (κ1) is 16.2. The molecule has 1 aliphatic heterocycles. The third-order valence-corrected chi connectivity index (χ3v) is 3.62. The molecule has 0 saturated carbocycles. The maximum absolute atomic E-state index is 12.2. The summed E-state index contributed by atoms with van der Waals surface area (Å²) in [5.41, 5.74) is 0. The predicted molar refractivity (Wildman–Crippen MR) is 80.2 cm³/mol. The molecule has 2 rings (SSSR count). The van der Waals surface area contributed by atoms with E-state index < -0.39 is 11.8 Å². The molecule has 1 N–H and O–H groups in total. The van der Waals surface area contributed by atoms with E-state index in [0.717, 1.165) is 0 Å². The fourth-order valence-corrected chi connectivity index (χ4v) is 2.36. The Morgan fingerprint density at radius 2 is 1.86 bits per heavy atom. The molecule has 0 radical (unpaired) electrons. The second kappa shape index (κ2) is 7.69. The zero-order valence-electron chi connectivity index (χ0n) is 12.7. The summed E-state index contributed by atoms with van der Waals surface area (Å²) in [6.07, 6.45) is 3.36. The molecule has 0 aromatic carbocycles. The van der Waals surface area contributed by atoms with Crippen molar-refractivity contribution in [3.63, 3.8) is 0 Å². The van der Waals surface area contributed by atoms with Crippen LogP contribution >= 0.6 is 0 Å². The minimum absolute atomic E-state index is 0.147. The molecule has 1 aliphatic rings. The molecule has 120 valence electrons. The summed E-state index contributed by atoms with van der Waals surface area (Å²) in [5, 5.41) is 8.93. The van der Waals surface area contributed by atoms with Gasteiger partial charge in [-0.25, -0.2) is 9.97 Å². The molecule has 1 aromatic heterocycles. The Bertz CT molecular complexity index is 502. The first-order valence-electron chi connectivity index (χ1n) is 7.38. The number of nitrogens with zero attached hydrogens (tertiary/aromatic N) is 5. The predicted octanol–water partition coefficient (Wildman–Crippen LogP) is -1.03. The molecule has 0 spiro atoms. The third kappa shape index (κ3) is 3.70. The van der Waals surface area contributed by atoms with Gasteiger partial charge >= 0.3 is 11.8 Å². The van der Waals surface area contributed by atoms with Gasteiger partial charge in [0.2, 0.25) is 5.95 Å². The summed E-state index contributed by atoms with van der Waals surface area (Å²) in [5.74, 6) is -0.429. The number of likely N-dealkylation sites (N-methyl/N-ethyl adjacent to an activating group) is 1. The van der Waals surface area contributed by atoms with Gasteiger partial charge in [0.05, 0.1) is 6.61 Å². The van der Waals surface area contributed by atoms with E-state index in [4.69, 9.17) is 5.11 Å². The average Bonchev–Trinajstić information content (AvgIpc) is 2.59. The van der Waals surface area contributed by atoms with Crippen LogP contribution in [0.1, 0.15) is 6.92 Å². The Kier molecular flexibility index (Phi) is 5.65. The van der Waals surface area contributed by atoms with Crippen molar-refractivity contribution in [2.24, 2.45) is 0 Å². The van der Waals surface area contributed by atoms with Gasteiger partial charge < -0.3 is 19.8 Å². The quantitative estimate of drug-likeness (QED) is 0.715. The van der Waals surface area contributed by atoms with E-state index in [9.17, 15) is 9.59 Å². The molecule has 2 heterocycles. The van der Waals surface area contributed by atoms with Crippen LogP contribution in [-0.4, -0.2) is 82.6 Å². The van der Waals surface area contributed by atoms with Gasteiger partial charge in [0.25, 0.3) is 0 Å². The molecule has 22 heavy (non-hydrogen) atoms. The van der Waals surface area contributed by atoms with Crippen LogP contribution in [-0.2, 0) is 9.59 Å². The minimum Gasteiger partial charge on any atom is -0.395 e. The zero-order valence-corrected chi connectivity index (χ0v) is 12.7. The van der Waals surface area contributed by atoms with Crippen molar-refractivity contribution < 1.29 is 14.7 Å². The summed E-state index contributed by atoms with van der Waals surface area (Å²) in [6.45, 7) is 4.32. The van der Waals surface area contributed by atoms with Gasteiger partial charge in [-0.15, -0.1) is 0 Å². The standard InChI is InChI=1S/C14H21N5O3/c1-2-17(10-11-20)12(21)13(22)18-6-8-19(9-7-18)14-15-4-3-5-16-14/h3-5,20H,2,6-11H2,1H3. The molecular weight excluding hydrogens is 286 g/mol. The number of carbonyl (C=O) groups is 2. The van der Waals surface area contributed by atoms with Crippen molar-refractivity contribution in [1.29, 1.82) is 0 Å². The van der Waals surface area contributed by atoms with E-state index in [1.54, 1.807) is 30.3 Å². The number of aromatic nitrogens is 2. The molecule has 8 nitrogen and oxygen atoms in total. The highest BCUT2D eigenvalue weighted by Gasteiger charge is 2.29. The summed E-state index contributed by atoms with van der Waals surface area (Å²) >= 11 is 0. The van der Waals surface area contributed by atoms with E-state index in [1.165, 1.54) is 4.90 Å². The zero-order chi connectivity index (χ0) is 15.9. The number of aliphatic hydroxyl groups is 1. The van der Waals surface area contributed by atoms with Crippen molar-refractivity contribution in [2.75, 3.05) is 50.8 Å². The van der Waals surface area contributed by atoms with Gasteiger partial charge in [0.1, 0.15) is 0 Å². The summed E-state index contributed by atoms with van der Waals surface area (Å²) in [4.78, 5) is 37.6. The number of carbonyl (C=O) groups excluding carboxylic acids is 2.